The normalized spacial score (nSPS) is 34.3. The van der Waals surface area contributed by atoms with E-state index in [0.717, 1.165) is 64.1 Å². The van der Waals surface area contributed by atoms with E-state index in [0.29, 0.717) is 12.1 Å². The maximum absolute atomic E-state index is 12.1. The predicted molar refractivity (Wildman–Crippen MR) is 109 cm³/mol. The van der Waals surface area contributed by atoms with E-state index < -0.39 is 6.09 Å². The summed E-state index contributed by atoms with van der Waals surface area (Å²) in [4.78, 5) is 26.4. The van der Waals surface area contributed by atoms with E-state index in [9.17, 15) is 9.59 Å². The van der Waals surface area contributed by atoms with E-state index in [4.69, 9.17) is 18.9 Å². The summed E-state index contributed by atoms with van der Waals surface area (Å²) in [7, 11) is 0. The van der Waals surface area contributed by atoms with Gasteiger partial charge in [0.2, 0.25) is 0 Å². The van der Waals surface area contributed by atoms with Crippen molar-refractivity contribution in [3.63, 3.8) is 0 Å². The van der Waals surface area contributed by atoms with Crippen LogP contribution in [0, 0.1) is 5.92 Å². The number of ether oxygens (including phenoxy) is 4. The molecule has 8 nitrogen and oxygen atoms in total. The van der Waals surface area contributed by atoms with Crippen LogP contribution < -0.4 is 5.32 Å². The van der Waals surface area contributed by atoms with Gasteiger partial charge in [0.05, 0.1) is 18.8 Å². The van der Waals surface area contributed by atoms with Gasteiger partial charge in [0.1, 0.15) is 18.8 Å². The first kappa shape index (κ1) is 21.3. The Balaban J connectivity index is 1.26. The zero-order valence-electron chi connectivity index (χ0n) is 17.7. The molecule has 1 N–H and O–H groups in total. The molecular formula is C22H32N2O6. The highest BCUT2D eigenvalue weighted by Crippen LogP contribution is 2.49. The molecule has 1 aliphatic carbocycles. The van der Waals surface area contributed by atoms with Gasteiger partial charge in [-0.25, -0.2) is 9.59 Å². The van der Waals surface area contributed by atoms with Gasteiger partial charge in [-0.15, -0.1) is 0 Å². The predicted octanol–water partition coefficient (Wildman–Crippen LogP) is 1.80. The summed E-state index contributed by atoms with van der Waals surface area (Å²) in [6.07, 6.45) is 4.61. The minimum absolute atomic E-state index is 0.0471. The average molecular weight is 421 g/mol. The van der Waals surface area contributed by atoms with Gasteiger partial charge in [0.15, 0.2) is 0 Å². The lowest BCUT2D eigenvalue weighted by atomic mass is 9.84. The van der Waals surface area contributed by atoms with Crippen molar-refractivity contribution < 1.29 is 28.5 Å². The van der Waals surface area contributed by atoms with E-state index in [2.05, 4.69) is 29.8 Å². The van der Waals surface area contributed by atoms with Crippen LogP contribution in [0.4, 0.5) is 4.79 Å². The molecule has 3 saturated heterocycles. The number of amides is 1. The van der Waals surface area contributed by atoms with Crippen molar-refractivity contribution in [1.29, 1.82) is 0 Å². The Morgan fingerprint density at radius 3 is 3.00 bits per heavy atom. The van der Waals surface area contributed by atoms with E-state index in [1.807, 2.05) is 0 Å². The Labute approximate surface area is 177 Å². The van der Waals surface area contributed by atoms with Crippen LogP contribution >= 0.6 is 0 Å². The molecule has 8 heteroatoms. The quantitative estimate of drug-likeness (QED) is 0.314. The number of morpholine rings is 1. The second-order valence-corrected chi connectivity index (χ2v) is 8.75. The Bertz CT molecular complexity index is 716. The minimum Gasteiger partial charge on any atom is -0.455 e. The topological polar surface area (TPSA) is 89.6 Å². The van der Waals surface area contributed by atoms with Crippen molar-refractivity contribution in [1.82, 2.24) is 10.2 Å². The molecular weight excluding hydrogens is 388 g/mol. The van der Waals surface area contributed by atoms with Gasteiger partial charge in [-0.05, 0) is 38.2 Å². The van der Waals surface area contributed by atoms with Gasteiger partial charge in [-0.3, -0.25) is 4.90 Å². The standard InChI is InChI=1S/C22H32N2O6/c1-15-17-6-5-16(4-3-7-22(2)19(30-22)18(17)29-20(15)25)14-28-21(26)23-8-9-24-10-12-27-13-11-24/h4,17-19H,1,3,5-14H2,2H3,(H,23,26)/t17-,18-,19-,22+/m0/s1. The molecule has 0 radical (unpaired) electrons. The van der Waals surface area contributed by atoms with Gasteiger partial charge >= 0.3 is 12.1 Å². The molecule has 0 aromatic carbocycles. The van der Waals surface area contributed by atoms with Crippen molar-refractivity contribution in [3.05, 3.63) is 23.8 Å². The molecule has 0 aromatic heterocycles. The van der Waals surface area contributed by atoms with E-state index in [1.165, 1.54) is 0 Å². The largest absolute Gasteiger partial charge is 0.455 e. The van der Waals surface area contributed by atoms with E-state index >= 15 is 0 Å². The molecule has 0 bridgehead atoms. The van der Waals surface area contributed by atoms with Gasteiger partial charge in [-0.2, -0.15) is 0 Å². The first-order valence-corrected chi connectivity index (χ1v) is 10.9. The number of hydrogen-bond acceptors (Lipinski definition) is 7. The Kier molecular flexibility index (Phi) is 6.46. The number of nitrogens with zero attached hydrogens (tertiary/aromatic N) is 1. The van der Waals surface area contributed by atoms with Crippen LogP contribution in [0.15, 0.2) is 23.8 Å². The fourth-order valence-electron chi connectivity index (χ4n) is 4.60. The van der Waals surface area contributed by atoms with Gasteiger partial charge in [-0.1, -0.05) is 12.7 Å². The fourth-order valence-corrected chi connectivity index (χ4v) is 4.60. The van der Waals surface area contributed by atoms with Crippen LogP contribution in [0.25, 0.3) is 0 Å². The molecule has 3 fully saturated rings. The smallest absolute Gasteiger partial charge is 0.407 e. The van der Waals surface area contributed by atoms with Crippen LogP contribution in [0.3, 0.4) is 0 Å². The number of alkyl carbamates (subject to hydrolysis) is 1. The first-order chi connectivity index (χ1) is 14.5. The van der Waals surface area contributed by atoms with Crippen LogP contribution in [-0.4, -0.2) is 80.8 Å². The third-order valence-electron chi connectivity index (χ3n) is 6.63. The highest BCUT2D eigenvalue weighted by molar-refractivity contribution is 5.91. The number of rotatable bonds is 5. The van der Waals surface area contributed by atoms with Crippen LogP contribution in [0.2, 0.25) is 0 Å². The number of fused-ring (bicyclic) bond motifs is 3. The summed E-state index contributed by atoms with van der Waals surface area (Å²) in [5, 5.41) is 2.82. The van der Waals surface area contributed by atoms with Gasteiger partial charge in [0.25, 0.3) is 0 Å². The molecule has 166 valence electrons. The first-order valence-electron chi connectivity index (χ1n) is 10.9. The number of esters is 1. The summed E-state index contributed by atoms with van der Waals surface area (Å²) in [5.41, 5.74) is 1.33. The SMILES string of the molecule is C=C1C(=O)O[C@H]2[C@H]1CCC(COC(=O)NCCN1CCOCC1)=CCC[C@@]1(C)O[C@@H]21. The third kappa shape index (κ3) is 4.87. The fraction of sp³-hybridized carbons (Fsp3) is 0.727. The van der Waals surface area contributed by atoms with Gasteiger partial charge in [0, 0.05) is 37.7 Å². The van der Waals surface area contributed by atoms with Crippen molar-refractivity contribution in [2.75, 3.05) is 46.0 Å². The zero-order valence-corrected chi connectivity index (χ0v) is 17.7. The van der Waals surface area contributed by atoms with Crippen LogP contribution in [0.1, 0.15) is 32.6 Å². The van der Waals surface area contributed by atoms with Crippen molar-refractivity contribution in [3.8, 4) is 0 Å². The molecule has 4 rings (SSSR count). The number of carbonyl (C=O) groups excluding carboxylic acids is 2. The van der Waals surface area contributed by atoms with Crippen LogP contribution in [-0.2, 0) is 23.7 Å². The molecule has 3 aliphatic heterocycles. The van der Waals surface area contributed by atoms with Crippen molar-refractivity contribution in [2.24, 2.45) is 5.92 Å². The molecule has 0 unspecified atom stereocenters. The Hall–Kier alpha value is -1.90. The molecule has 1 amide bonds. The number of hydrogen-bond donors (Lipinski definition) is 1. The summed E-state index contributed by atoms with van der Waals surface area (Å²) >= 11 is 0. The number of nitrogens with one attached hydrogen (secondary N) is 1. The summed E-state index contributed by atoms with van der Waals surface area (Å²) in [6.45, 7) is 10.9. The van der Waals surface area contributed by atoms with E-state index in [1.54, 1.807) is 0 Å². The van der Waals surface area contributed by atoms with Gasteiger partial charge < -0.3 is 24.3 Å². The molecule has 3 heterocycles. The molecule has 30 heavy (non-hydrogen) atoms. The molecule has 0 spiro atoms. The maximum Gasteiger partial charge on any atom is 0.407 e. The second kappa shape index (κ2) is 9.08. The summed E-state index contributed by atoms with van der Waals surface area (Å²) < 4.78 is 22.3. The lowest BCUT2D eigenvalue weighted by Gasteiger charge is -2.26. The average Bonchev–Trinajstić information content (AvgIpc) is 3.33. The second-order valence-electron chi connectivity index (χ2n) is 8.75. The lowest BCUT2D eigenvalue weighted by molar-refractivity contribution is -0.140. The van der Waals surface area contributed by atoms with Crippen LogP contribution in [0.5, 0.6) is 0 Å². The Morgan fingerprint density at radius 1 is 1.40 bits per heavy atom. The molecule has 4 atom stereocenters. The zero-order chi connectivity index (χ0) is 21.1. The number of carbonyl (C=O) groups is 2. The summed E-state index contributed by atoms with van der Waals surface area (Å²) in [5.74, 6) is -0.364. The number of allylic oxidation sites excluding steroid dienone is 1. The highest BCUT2D eigenvalue weighted by Gasteiger charge is 2.61. The highest BCUT2D eigenvalue weighted by atomic mass is 16.6. The van der Waals surface area contributed by atoms with Crippen molar-refractivity contribution >= 4 is 12.1 Å². The number of epoxide rings is 1. The Morgan fingerprint density at radius 2 is 2.20 bits per heavy atom. The maximum atomic E-state index is 12.1. The lowest BCUT2D eigenvalue weighted by Crippen LogP contribution is -2.41. The third-order valence-corrected chi connectivity index (χ3v) is 6.63. The monoisotopic (exact) mass is 420 g/mol. The molecule has 0 aromatic rings. The minimum atomic E-state index is -0.402. The molecule has 4 aliphatic rings. The molecule has 0 saturated carbocycles. The van der Waals surface area contributed by atoms with Crippen molar-refractivity contribution in [2.45, 2.75) is 50.4 Å². The summed E-state index contributed by atoms with van der Waals surface area (Å²) in [6, 6.07) is 0. The van der Waals surface area contributed by atoms with E-state index in [-0.39, 0.29) is 36.3 Å².